The number of nitrogens with two attached hydrogens (primary N) is 2. The van der Waals surface area contributed by atoms with Gasteiger partial charge >= 0.3 is 0 Å². The van der Waals surface area contributed by atoms with Crippen molar-refractivity contribution in [1.82, 2.24) is 9.97 Å². The predicted molar refractivity (Wildman–Crippen MR) is 71.7 cm³/mol. The molecule has 0 radical (unpaired) electrons. The molecule has 1 heterocycles. The van der Waals surface area contributed by atoms with Gasteiger partial charge in [-0.3, -0.25) is 4.79 Å². The van der Waals surface area contributed by atoms with Gasteiger partial charge in [-0.2, -0.15) is 0 Å². The van der Waals surface area contributed by atoms with E-state index in [2.05, 4.69) is 9.97 Å². The number of hydrogen-bond acceptors (Lipinski definition) is 5. The zero-order valence-corrected chi connectivity index (χ0v) is 10.7. The third-order valence-corrected chi connectivity index (χ3v) is 2.74. The normalized spacial score (nSPS) is 10.2. The standard InChI is InChI=1S/C13H14N4O2/c1-7-5-8(3-4-10(7)19-2)13-16-6-9(12(15)18)11(14)17-13/h3-6H,1-2H3,(H2,15,18)(H2,14,16,17). The van der Waals surface area contributed by atoms with Gasteiger partial charge in [0, 0.05) is 11.8 Å². The van der Waals surface area contributed by atoms with E-state index in [4.69, 9.17) is 16.2 Å². The summed E-state index contributed by atoms with van der Waals surface area (Å²) in [6.07, 6.45) is 1.33. The monoisotopic (exact) mass is 258 g/mol. The fraction of sp³-hybridized carbons (Fsp3) is 0.154. The third kappa shape index (κ3) is 2.47. The molecule has 0 aliphatic rings. The molecular weight excluding hydrogens is 244 g/mol. The lowest BCUT2D eigenvalue weighted by atomic mass is 10.1. The predicted octanol–water partition coefficient (Wildman–Crippen LogP) is 1.14. The Morgan fingerprint density at radius 1 is 1.37 bits per heavy atom. The van der Waals surface area contributed by atoms with Crippen LogP contribution in [0, 0.1) is 6.92 Å². The van der Waals surface area contributed by atoms with Crippen LogP contribution < -0.4 is 16.2 Å². The van der Waals surface area contributed by atoms with Crippen molar-refractivity contribution in [3.05, 3.63) is 35.5 Å². The SMILES string of the molecule is COc1ccc(-c2ncc(C(N)=O)c(N)n2)cc1C. The number of benzene rings is 1. The van der Waals surface area contributed by atoms with Crippen molar-refractivity contribution in [2.24, 2.45) is 5.73 Å². The summed E-state index contributed by atoms with van der Waals surface area (Å²) >= 11 is 0. The van der Waals surface area contributed by atoms with Crippen LogP contribution in [0.3, 0.4) is 0 Å². The Labute approximate surface area is 110 Å². The molecule has 1 aromatic carbocycles. The number of nitrogen functional groups attached to an aromatic ring is 1. The minimum atomic E-state index is -0.644. The Kier molecular flexibility index (Phi) is 3.33. The molecule has 0 aliphatic heterocycles. The van der Waals surface area contributed by atoms with E-state index in [-0.39, 0.29) is 11.4 Å². The van der Waals surface area contributed by atoms with Crippen molar-refractivity contribution in [3.63, 3.8) is 0 Å². The molecule has 1 aromatic heterocycles. The summed E-state index contributed by atoms with van der Waals surface area (Å²) in [6.45, 7) is 1.92. The van der Waals surface area contributed by atoms with E-state index in [0.29, 0.717) is 5.82 Å². The third-order valence-electron chi connectivity index (χ3n) is 2.74. The summed E-state index contributed by atoms with van der Waals surface area (Å²) in [6, 6.07) is 5.54. The Morgan fingerprint density at radius 2 is 2.11 bits per heavy atom. The molecule has 0 aliphatic carbocycles. The Hall–Kier alpha value is -2.63. The lowest BCUT2D eigenvalue weighted by molar-refractivity contribution is 0.100. The highest BCUT2D eigenvalue weighted by atomic mass is 16.5. The van der Waals surface area contributed by atoms with Crippen molar-refractivity contribution in [1.29, 1.82) is 0 Å². The summed E-state index contributed by atoms with van der Waals surface area (Å²) < 4.78 is 5.18. The number of carbonyl (C=O) groups is 1. The molecular formula is C13H14N4O2. The maximum atomic E-state index is 11.1. The number of aromatic nitrogens is 2. The first kappa shape index (κ1) is 12.8. The Balaban J connectivity index is 2.45. The zero-order chi connectivity index (χ0) is 14.0. The maximum Gasteiger partial charge on any atom is 0.254 e. The molecule has 0 saturated carbocycles. The van der Waals surface area contributed by atoms with Crippen molar-refractivity contribution < 1.29 is 9.53 Å². The quantitative estimate of drug-likeness (QED) is 0.859. The molecule has 1 amide bonds. The van der Waals surface area contributed by atoms with Crippen LogP contribution in [0.25, 0.3) is 11.4 Å². The number of aryl methyl sites for hydroxylation is 1. The molecule has 6 heteroatoms. The van der Waals surface area contributed by atoms with Gasteiger partial charge in [-0.25, -0.2) is 9.97 Å². The van der Waals surface area contributed by atoms with E-state index < -0.39 is 5.91 Å². The fourth-order valence-corrected chi connectivity index (χ4v) is 1.74. The Bertz CT molecular complexity index is 641. The van der Waals surface area contributed by atoms with Gasteiger partial charge in [0.25, 0.3) is 5.91 Å². The summed E-state index contributed by atoms with van der Waals surface area (Å²) in [4.78, 5) is 19.2. The molecule has 98 valence electrons. The van der Waals surface area contributed by atoms with E-state index in [1.54, 1.807) is 7.11 Å². The minimum absolute atomic E-state index is 0.0750. The summed E-state index contributed by atoms with van der Waals surface area (Å²) in [7, 11) is 1.61. The van der Waals surface area contributed by atoms with E-state index in [1.807, 2.05) is 25.1 Å². The van der Waals surface area contributed by atoms with Crippen LogP contribution >= 0.6 is 0 Å². The summed E-state index contributed by atoms with van der Waals surface area (Å²) in [5.74, 6) is 0.652. The second-order valence-electron chi connectivity index (χ2n) is 4.04. The maximum absolute atomic E-state index is 11.1. The fourth-order valence-electron chi connectivity index (χ4n) is 1.74. The molecule has 19 heavy (non-hydrogen) atoms. The molecule has 0 unspecified atom stereocenters. The number of nitrogens with zero attached hydrogens (tertiary/aromatic N) is 2. The highest BCUT2D eigenvalue weighted by Gasteiger charge is 2.11. The number of ether oxygens (including phenoxy) is 1. The first-order valence-electron chi connectivity index (χ1n) is 5.60. The molecule has 4 N–H and O–H groups in total. The molecule has 0 bridgehead atoms. The first-order chi connectivity index (χ1) is 9.02. The second kappa shape index (κ2) is 4.93. The van der Waals surface area contributed by atoms with Crippen molar-refractivity contribution in [2.45, 2.75) is 6.92 Å². The van der Waals surface area contributed by atoms with Crippen LogP contribution in [0.5, 0.6) is 5.75 Å². The summed E-state index contributed by atoms with van der Waals surface area (Å²) in [5, 5.41) is 0. The number of carbonyl (C=O) groups excluding carboxylic acids is 1. The smallest absolute Gasteiger partial charge is 0.254 e. The van der Waals surface area contributed by atoms with Crippen LogP contribution in [0.4, 0.5) is 5.82 Å². The van der Waals surface area contributed by atoms with E-state index in [1.165, 1.54) is 6.20 Å². The topological polar surface area (TPSA) is 104 Å². The average molecular weight is 258 g/mol. The van der Waals surface area contributed by atoms with Crippen LogP contribution in [-0.4, -0.2) is 23.0 Å². The number of hydrogen-bond donors (Lipinski definition) is 2. The highest BCUT2D eigenvalue weighted by molar-refractivity contribution is 5.96. The molecule has 6 nitrogen and oxygen atoms in total. The minimum Gasteiger partial charge on any atom is -0.496 e. The number of anilines is 1. The lowest BCUT2D eigenvalue weighted by Gasteiger charge is -2.07. The van der Waals surface area contributed by atoms with Crippen LogP contribution in [0.15, 0.2) is 24.4 Å². The first-order valence-corrected chi connectivity index (χ1v) is 5.60. The average Bonchev–Trinajstić information content (AvgIpc) is 2.38. The van der Waals surface area contributed by atoms with Crippen molar-refractivity contribution in [3.8, 4) is 17.1 Å². The molecule has 0 spiro atoms. The van der Waals surface area contributed by atoms with Gasteiger partial charge in [-0.1, -0.05) is 0 Å². The largest absolute Gasteiger partial charge is 0.496 e. The lowest BCUT2D eigenvalue weighted by Crippen LogP contribution is -2.15. The van der Waals surface area contributed by atoms with Crippen molar-refractivity contribution >= 4 is 11.7 Å². The molecule has 2 aromatic rings. The van der Waals surface area contributed by atoms with E-state index in [0.717, 1.165) is 16.9 Å². The van der Waals surface area contributed by atoms with Gasteiger partial charge in [0.1, 0.15) is 11.6 Å². The van der Waals surface area contributed by atoms with Gasteiger partial charge < -0.3 is 16.2 Å². The van der Waals surface area contributed by atoms with E-state index in [9.17, 15) is 4.79 Å². The van der Waals surface area contributed by atoms with Gasteiger partial charge in [0.2, 0.25) is 0 Å². The molecule has 0 saturated heterocycles. The number of methoxy groups -OCH3 is 1. The highest BCUT2D eigenvalue weighted by Crippen LogP contribution is 2.24. The molecule has 0 fully saturated rings. The van der Waals surface area contributed by atoms with Crippen LogP contribution in [0.1, 0.15) is 15.9 Å². The molecule has 2 rings (SSSR count). The van der Waals surface area contributed by atoms with Gasteiger partial charge in [0.15, 0.2) is 5.82 Å². The summed E-state index contributed by atoms with van der Waals surface area (Å²) in [5.41, 5.74) is 12.7. The Morgan fingerprint density at radius 3 is 2.63 bits per heavy atom. The number of rotatable bonds is 3. The van der Waals surface area contributed by atoms with Gasteiger partial charge in [0.05, 0.1) is 12.7 Å². The molecule has 0 atom stereocenters. The van der Waals surface area contributed by atoms with Crippen molar-refractivity contribution in [2.75, 3.05) is 12.8 Å². The van der Waals surface area contributed by atoms with Gasteiger partial charge in [-0.15, -0.1) is 0 Å². The zero-order valence-electron chi connectivity index (χ0n) is 10.7. The van der Waals surface area contributed by atoms with Gasteiger partial charge in [-0.05, 0) is 30.7 Å². The number of primary amides is 1. The van der Waals surface area contributed by atoms with Crippen LogP contribution in [0.2, 0.25) is 0 Å². The number of amides is 1. The second-order valence-corrected chi connectivity index (χ2v) is 4.04. The van der Waals surface area contributed by atoms with E-state index >= 15 is 0 Å². The van der Waals surface area contributed by atoms with Crippen LogP contribution in [-0.2, 0) is 0 Å².